The number of alkyl halides is 1. The van der Waals surface area contributed by atoms with Crippen molar-refractivity contribution in [2.24, 2.45) is 10.8 Å². The summed E-state index contributed by atoms with van der Waals surface area (Å²) < 4.78 is 20.4. The van der Waals surface area contributed by atoms with Gasteiger partial charge >= 0.3 is 0 Å². The van der Waals surface area contributed by atoms with Gasteiger partial charge in [-0.3, -0.25) is 4.79 Å². The Bertz CT molecular complexity index is 1540. The number of fused-ring (bicyclic) bond motifs is 3. The van der Waals surface area contributed by atoms with Crippen molar-refractivity contribution in [1.29, 1.82) is 0 Å². The molecule has 0 saturated heterocycles. The van der Waals surface area contributed by atoms with E-state index in [0.29, 0.717) is 31.7 Å². The minimum atomic E-state index is -1.11. The maximum absolute atomic E-state index is 14.6. The Morgan fingerprint density at radius 3 is 2.29 bits per heavy atom. The van der Waals surface area contributed by atoms with E-state index in [4.69, 9.17) is 9.51 Å². The second-order valence-corrected chi connectivity index (χ2v) is 15.3. The van der Waals surface area contributed by atoms with Crippen LogP contribution in [0.2, 0.25) is 0 Å². The van der Waals surface area contributed by atoms with Crippen molar-refractivity contribution in [2.75, 3.05) is 11.4 Å². The fourth-order valence-electron chi connectivity index (χ4n) is 8.61. The summed E-state index contributed by atoms with van der Waals surface area (Å²) in [5.74, 6) is 3.26. The van der Waals surface area contributed by atoms with E-state index in [1.165, 1.54) is 12.8 Å². The predicted octanol–water partition coefficient (Wildman–Crippen LogP) is 6.97. The molecule has 42 heavy (non-hydrogen) atoms. The number of benzene rings is 1. The summed E-state index contributed by atoms with van der Waals surface area (Å²) in [6.45, 7) is 2.89. The van der Waals surface area contributed by atoms with Crippen molar-refractivity contribution in [3.8, 4) is 11.1 Å². The normalized spacial score (nSPS) is 35.3. The number of carbonyl (C=O) groups excluding carboxylic acids is 1. The lowest BCUT2D eigenvalue weighted by atomic mass is 9.41. The van der Waals surface area contributed by atoms with Crippen LogP contribution in [0, 0.1) is 10.8 Å². The maximum atomic E-state index is 14.6. The number of anilines is 1. The summed E-state index contributed by atoms with van der Waals surface area (Å²) in [4.78, 5) is 30.4. The average Bonchev–Trinajstić information content (AvgIpc) is 3.92. The quantitative estimate of drug-likeness (QED) is 0.292. The van der Waals surface area contributed by atoms with Crippen LogP contribution in [-0.2, 0) is 15.6 Å². The Hall–Kier alpha value is -3.16. The lowest BCUT2D eigenvalue weighted by Crippen LogP contribution is -2.71. The highest BCUT2D eigenvalue weighted by Crippen LogP contribution is 2.70. The molecule has 4 bridgehead atoms. The van der Waals surface area contributed by atoms with E-state index >= 15 is 0 Å². The first-order valence-electron chi connectivity index (χ1n) is 16.0. The van der Waals surface area contributed by atoms with Crippen LogP contribution >= 0.6 is 0 Å². The van der Waals surface area contributed by atoms with Gasteiger partial charge < -0.3 is 9.42 Å². The van der Waals surface area contributed by atoms with Crippen LogP contribution < -0.4 is 4.90 Å². The first-order chi connectivity index (χ1) is 20.2. The number of hydrogen-bond donors (Lipinski definition) is 0. The molecule has 0 atom stereocenters. The molecule has 8 fully saturated rings. The molecule has 11 rings (SSSR count). The summed E-state index contributed by atoms with van der Waals surface area (Å²) in [6, 6.07) is 8.24. The zero-order chi connectivity index (χ0) is 28.4. The minimum absolute atomic E-state index is 0.00933. The molecule has 0 radical (unpaired) electrons. The molecule has 0 N–H and O–H groups in total. The Labute approximate surface area is 245 Å². The average molecular weight is 568 g/mol. The first kappa shape index (κ1) is 25.3. The molecule has 8 heteroatoms. The third kappa shape index (κ3) is 3.78. The summed E-state index contributed by atoms with van der Waals surface area (Å²) in [5, 5.41) is 4.50. The molecule has 0 spiro atoms. The van der Waals surface area contributed by atoms with Crippen LogP contribution in [0.15, 0.2) is 41.2 Å². The van der Waals surface area contributed by atoms with Gasteiger partial charge in [-0.1, -0.05) is 24.2 Å². The van der Waals surface area contributed by atoms with Gasteiger partial charge in [0.25, 0.3) is 0 Å². The minimum Gasteiger partial charge on any atom is -0.339 e. The van der Waals surface area contributed by atoms with Crippen LogP contribution in [0.5, 0.6) is 0 Å². The standard InChI is InChI=1S/C34H38FN5O2/c1-30(7-8-30)28-38-27(39-42-28)32-12-9-31(10-13-32,11-14-32)21-40(29(41)33-18-34(35,19-33)20-33)25-4-2-3-23(15-25)24-16-36-26(37-17-24)22-5-6-22/h2-4,15-17,22H,5-14,18-21H2,1H3. The molecule has 2 aromatic heterocycles. The molecule has 8 aliphatic carbocycles. The van der Waals surface area contributed by atoms with Gasteiger partial charge in [0.1, 0.15) is 11.5 Å². The smallest absolute Gasteiger partial charge is 0.233 e. The Morgan fingerprint density at radius 1 is 0.976 bits per heavy atom. The summed E-state index contributed by atoms with van der Waals surface area (Å²) in [5.41, 5.74) is 1.35. The van der Waals surface area contributed by atoms with Gasteiger partial charge in [0, 0.05) is 46.9 Å². The maximum Gasteiger partial charge on any atom is 0.233 e. The first-order valence-corrected chi connectivity index (χ1v) is 16.0. The summed E-state index contributed by atoms with van der Waals surface area (Å²) >= 11 is 0. The van der Waals surface area contributed by atoms with Crippen LogP contribution in [0.4, 0.5) is 10.1 Å². The van der Waals surface area contributed by atoms with E-state index in [-0.39, 0.29) is 22.2 Å². The van der Waals surface area contributed by atoms with Gasteiger partial charge in [-0.25, -0.2) is 14.4 Å². The third-order valence-corrected chi connectivity index (χ3v) is 12.1. The Kier molecular flexibility index (Phi) is 4.99. The van der Waals surface area contributed by atoms with Gasteiger partial charge in [0.2, 0.25) is 11.8 Å². The summed E-state index contributed by atoms with van der Waals surface area (Å²) in [7, 11) is 0. The summed E-state index contributed by atoms with van der Waals surface area (Å²) in [6.07, 6.45) is 15.7. The predicted molar refractivity (Wildman–Crippen MR) is 155 cm³/mol. The van der Waals surface area contributed by atoms with E-state index in [0.717, 1.165) is 85.7 Å². The van der Waals surface area contributed by atoms with Crippen molar-refractivity contribution < 1.29 is 13.7 Å². The molecule has 218 valence electrons. The zero-order valence-corrected chi connectivity index (χ0v) is 24.4. The largest absolute Gasteiger partial charge is 0.339 e. The number of aromatic nitrogens is 4. The molecule has 0 aliphatic heterocycles. The van der Waals surface area contributed by atoms with Gasteiger partial charge in [-0.2, -0.15) is 4.98 Å². The number of hydrogen-bond acceptors (Lipinski definition) is 6. The monoisotopic (exact) mass is 567 g/mol. The van der Waals surface area contributed by atoms with Crippen molar-refractivity contribution in [3.05, 3.63) is 54.2 Å². The fraction of sp³-hybridized carbons (Fsp3) is 0.618. The van der Waals surface area contributed by atoms with E-state index in [9.17, 15) is 9.18 Å². The molecule has 3 aromatic rings. The number of nitrogens with zero attached hydrogens (tertiary/aromatic N) is 5. The molecular weight excluding hydrogens is 529 g/mol. The van der Waals surface area contributed by atoms with Gasteiger partial charge in [-0.15, -0.1) is 0 Å². The molecule has 8 saturated carbocycles. The van der Waals surface area contributed by atoms with Crippen LogP contribution in [0.3, 0.4) is 0 Å². The van der Waals surface area contributed by atoms with Crippen LogP contribution in [0.1, 0.15) is 114 Å². The zero-order valence-electron chi connectivity index (χ0n) is 24.4. The number of amides is 1. The van der Waals surface area contributed by atoms with Gasteiger partial charge in [0.15, 0.2) is 5.82 Å². The molecule has 7 nitrogen and oxygen atoms in total. The van der Waals surface area contributed by atoms with Crippen molar-refractivity contribution >= 4 is 11.6 Å². The second kappa shape index (κ2) is 8.26. The van der Waals surface area contributed by atoms with E-state index in [2.05, 4.69) is 34.2 Å². The van der Waals surface area contributed by atoms with Crippen molar-refractivity contribution in [2.45, 2.75) is 113 Å². The molecule has 8 aliphatic rings. The Morgan fingerprint density at radius 2 is 1.67 bits per heavy atom. The van der Waals surface area contributed by atoms with E-state index in [1.807, 2.05) is 29.4 Å². The lowest BCUT2D eigenvalue weighted by molar-refractivity contribution is -0.211. The Balaban J connectivity index is 0.989. The van der Waals surface area contributed by atoms with Crippen LogP contribution in [-0.4, -0.2) is 38.2 Å². The lowest BCUT2D eigenvalue weighted by Gasteiger charge is -2.65. The number of carbonyl (C=O) groups is 1. The topological polar surface area (TPSA) is 85.0 Å². The van der Waals surface area contributed by atoms with E-state index in [1.54, 1.807) is 0 Å². The highest BCUT2D eigenvalue weighted by atomic mass is 19.1. The van der Waals surface area contributed by atoms with Gasteiger partial charge in [0.05, 0.1) is 5.41 Å². The number of rotatable bonds is 8. The van der Waals surface area contributed by atoms with Crippen molar-refractivity contribution in [3.63, 3.8) is 0 Å². The molecule has 1 aromatic carbocycles. The molecule has 1 amide bonds. The highest BCUT2D eigenvalue weighted by Gasteiger charge is 2.73. The molecular formula is C34H38FN5O2. The number of halogens is 1. The highest BCUT2D eigenvalue weighted by molar-refractivity contribution is 6.00. The SMILES string of the molecule is CC1(c2nc(C34CCC(CN(C(=O)C56CC(F)(C5)C6)c5cccc(-c6cnc(C7CC7)nc6)c5)(CC3)CC4)no2)CC1. The van der Waals surface area contributed by atoms with Gasteiger partial charge in [-0.05, 0) is 107 Å². The molecule has 2 heterocycles. The second-order valence-electron chi connectivity index (χ2n) is 15.3. The van der Waals surface area contributed by atoms with Crippen LogP contribution in [0.25, 0.3) is 11.1 Å². The molecule has 0 unspecified atom stereocenters. The fourth-order valence-corrected chi connectivity index (χ4v) is 8.61. The van der Waals surface area contributed by atoms with E-state index < -0.39 is 11.1 Å². The third-order valence-electron chi connectivity index (χ3n) is 12.1. The van der Waals surface area contributed by atoms with Crippen molar-refractivity contribution in [1.82, 2.24) is 20.1 Å².